The Bertz CT molecular complexity index is 940. The first kappa shape index (κ1) is 18.0. The maximum Gasteiger partial charge on any atom is 0.228 e. The summed E-state index contributed by atoms with van der Waals surface area (Å²) in [6.45, 7) is 8.52. The number of rotatable bonds is 4. The number of carbonyl (C=O) groups excluding carboxylic acids is 1. The second-order valence-corrected chi connectivity index (χ2v) is 7.97. The third kappa shape index (κ3) is 3.89. The van der Waals surface area contributed by atoms with Crippen LogP contribution in [-0.4, -0.2) is 5.91 Å². The van der Waals surface area contributed by atoms with E-state index in [1.54, 1.807) is 6.26 Å². The molecule has 0 aliphatic heterocycles. The van der Waals surface area contributed by atoms with Crippen molar-refractivity contribution in [3.63, 3.8) is 0 Å². The largest absolute Gasteiger partial charge is 0.464 e. The third-order valence-electron chi connectivity index (χ3n) is 4.47. The summed E-state index contributed by atoms with van der Waals surface area (Å²) in [6, 6.07) is 10.2. The molecule has 0 aliphatic rings. The van der Waals surface area contributed by atoms with Gasteiger partial charge in [-0.3, -0.25) is 4.79 Å². The van der Waals surface area contributed by atoms with Crippen LogP contribution in [0.3, 0.4) is 0 Å². The lowest BCUT2D eigenvalue weighted by atomic mass is 9.95. The van der Waals surface area contributed by atoms with E-state index >= 15 is 0 Å². The van der Waals surface area contributed by atoms with Crippen molar-refractivity contribution in [1.82, 2.24) is 0 Å². The van der Waals surface area contributed by atoms with Crippen LogP contribution >= 0.6 is 22.6 Å². The number of hydrogen-bond acceptors (Lipinski definition) is 2. The minimum absolute atomic E-state index is 0.0333. The molecule has 3 rings (SSSR count). The Kier molecular flexibility index (Phi) is 5.18. The molecule has 0 spiro atoms. The van der Waals surface area contributed by atoms with Gasteiger partial charge in [0.1, 0.15) is 5.58 Å². The lowest BCUT2D eigenvalue weighted by molar-refractivity contribution is -0.115. The third-order valence-corrected chi connectivity index (χ3v) is 5.63. The van der Waals surface area contributed by atoms with Crippen molar-refractivity contribution in [2.75, 3.05) is 5.32 Å². The molecule has 0 fully saturated rings. The molecule has 2 aromatic carbocycles. The lowest BCUT2D eigenvalue weighted by Crippen LogP contribution is -2.14. The Morgan fingerprint density at radius 2 is 1.92 bits per heavy atom. The van der Waals surface area contributed by atoms with Crippen LogP contribution in [0.5, 0.6) is 0 Å². The van der Waals surface area contributed by atoms with Crippen LogP contribution in [-0.2, 0) is 11.2 Å². The first-order valence-corrected chi connectivity index (χ1v) is 9.49. The number of anilines is 1. The molecule has 1 amide bonds. The molecule has 3 aromatic rings. The van der Waals surface area contributed by atoms with Crippen LogP contribution in [0.4, 0.5) is 5.69 Å². The van der Waals surface area contributed by atoms with E-state index in [0.29, 0.717) is 12.3 Å². The second-order valence-electron chi connectivity index (χ2n) is 6.81. The number of nitrogens with one attached hydrogen (secondary N) is 1. The summed E-state index contributed by atoms with van der Waals surface area (Å²) in [4.78, 5) is 12.5. The smallest absolute Gasteiger partial charge is 0.228 e. The molecular weight excluding hydrogens is 425 g/mol. The zero-order chi connectivity index (χ0) is 18.1. The van der Waals surface area contributed by atoms with Gasteiger partial charge in [0.15, 0.2) is 0 Å². The van der Waals surface area contributed by atoms with Gasteiger partial charge in [0, 0.05) is 20.2 Å². The summed E-state index contributed by atoms with van der Waals surface area (Å²) in [5, 5.41) is 4.01. The standard InChI is InChI=1S/C21H22INO2/c1-12(2)17-10-18-15(11-25-20(18)7-14(17)4)8-21(24)23-16-6-5-13(3)19(22)9-16/h5-7,9-12H,8H2,1-4H3,(H,23,24). The number of halogens is 1. The average Bonchev–Trinajstić information content (AvgIpc) is 2.91. The highest BCUT2D eigenvalue weighted by molar-refractivity contribution is 14.1. The van der Waals surface area contributed by atoms with E-state index in [9.17, 15) is 4.79 Å². The SMILES string of the molecule is Cc1ccc(NC(=O)Cc2coc3cc(C)c(C(C)C)cc23)cc1I. The average molecular weight is 447 g/mol. The summed E-state index contributed by atoms with van der Waals surface area (Å²) in [5.41, 5.74) is 6.32. The summed E-state index contributed by atoms with van der Waals surface area (Å²) >= 11 is 2.28. The minimum Gasteiger partial charge on any atom is -0.464 e. The summed E-state index contributed by atoms with van der Waals surface area (Å²) in [7, 11) is 0. The first-order valence-electron chi connectivity index (χ1n) is 8.41. The molecule has 1 N–H and O–H groups in total. The van der Waals surface area contributed by atoms with Crippen LogP contribution < -0.4 is 5.32 Å². The van der Waals surface area contributed by atoms with E-state index < -0.39 is 0 Å². The molecule has 0 radical (unpaired) electrons. The normalized spacial score (nSPS) is 11.3. The van der Waals surface area contributed by atoms with Gasteiger partial charge < -0.3 is 9.73 Å². The van der Waals surface area contributed by atoms with Crippen molar-refractivity contribution < 1.29 is 9.21 Å². The van der Waals surface area contributed by atoms with Crippen LogP contribution in [0.15, 0.2) is 41.0 Å². The Balaban J connectivity index is 1.83. The fraction of sp³-hybridized carbons (Fsp3) is 0.286. The summed E-state index contributed by atoms with van der Waals surface area (Å²) in [5.74, 6) is 0.407. The van der Waals surface area contributed by atoms with Crippen LogP contribution in [0, 0.1) is 17.4 Å². The quantitative estimate of drug-likeness (QED) is 0.502. The van der Waals surface area contributed by atoms with Crippen molar-refractivity contribution in [1.29, 1.82) is 0 Å². The molecular formula is C21H22INO2. The predicted molar refractivity (Wildman–Crippen MR) is 111 cm³/mol. The number of amides is 1. The fourth-order valence-electron chi connectivity index (χ4n) is 3.05. The van der Waals surface area contributed by atoms with Gasteiger partial charge in [-0.25, -0.2) is 0 Å². The van der Waals surface area contributed by atoms with Crippen LogP contribution in [0.1, 0.15) is 42.0 Å². The van der Waals surface area contributed by atoms with Gasteiger partial charge in [0.05, 0.1) is 12.7 Å². The van der Waals surface area contributed by atoms with E-state index in [1.165, 1.54) is 16.7 Å². The van der Waals surface area contributed by atoms with Gasteiger partial charge in [-0.05, 0) is 83.3 Å². The molecule has 0 aliphatic carbocycles. The monoisotopic (exact) mass is 447 g/mol. The highest BCUT2D eigenvalue weighted by Crippen LogP contribution is 2.29. The summed E-state index contributed by atoms with van der Waals surface area (Å²) < 4.78 is 6.81. The number of hydrogen-bond donors (Lipinski definition) is 1. The van der Waals surface area contributed by atoms with Crippen molar-refractivity contribution in [3.05, 3.63) is 62.4 Å². The highest BCUT2D eigenvalue weighted by atomic mass is 127. The van der Waals surface area contributed by atoms with Gasteiger partial charge in [0.2, 0.25) is 5.91 Å². The second kappa shape index (κ2) is 7.20. The molecule has 1 heterocycles. The predicted octanol–water partition coefficient (Wildman–Crippen LogP) is 5.96. The minimum atomic E-state index is -0.0333. The number of carbonyl (C=O) groups is 1. The van der Waals surface area contributed by atoms with E-state index in [1.807, 2.05) is 18.2 Å². The van der Waals surface area contributed by atoms with Gasteiger partial charge in [-0.2, -0.15) is 0 Å². The number of benzene rings is 2. The topological polar surface area (TPSA) is 42.2 Å². The van der Waals surface area contributed by atoms with E-state index in [2.05, 4.69) is 67.7 Å². The Morgan fingerprint density at radius 1 is 1.16 bits per heavy atom. The molecule has 0 unspecified atom stereocenters. The van der Waals surface area contributed by atoms with Crippen LogP contribution in [0.2, 0.25) is 0 Å². The number of furan rings is 1. The molecule has 1 aromatic heterocycles. The molecule has 130 valence electrons. The summed E-state index contributed by atoms with van der Waals surface area (Å²) in [6.07, 6.45) is 2.00. The van der Waals surface area contributed by atoms with Crippen molar-refractivity contribution in [3.8, 4) is 0 Å². The van der Waals surface area contributed by atoms with Gasteiger partial charge in [-0.1, -0.05) is 19.9 Å². The Morgan fingerprint density at radius 3 is 2.60 bits per heavy atom. The number of aryl methyl sites for hydroxylation is 2. The maximum absolute atomic E-state index is 12.5. The van der Waals surface area contributed by atoms with Gasteiger partial charge in [-0.15, -0.1) is 0 Å². The molecule has 4 heteroatoms. The van der Waals surface area contributed by atoms with Gasteiger partial charge >= 0.3 is 0 Å². The number of fused-ring (bicyclic) bond motifs is 1. The highest BCUT2D eigenvalue weighted by Gasteiger charge is 2.14. The first-order chi connectivity index (χ1) is 11.8. The zero-order valence-corrected chi connectivity index (χ0v) is 17.1. The van der Waals surface area contributed by atoms with Crippen molar-refractivity contribution in [2.45, 2.75) is 40.0 Å². The van der Waals surface area contributed by atoms with Crippen molar-refractivity contribution >= 4 is 45.2 Å². The molecule has 0 saturated carbocycles. The molecule has 25 heavy (non-hydrogen) atoms. The van der Waals surface area contributed by atoms with E-state index in [0.717, 1.165) is 25.8 Å². The van der Waals surface area contributed by atoms with Crippen molar-refractivity contribution in [2.24, 2.45) is 0 Å². The zero-order valence-electron chi connectivity index (χ0n) is 14.9. The fourth-order valence-corrected chi connectivity index (χ4v) is 3.57. The van der Waals surface area contributed by atoms with E-state index in [4.69, 9.17) is 4.42 Å². The van der Waals surface area contributed by atoms with E-state index in [-0.39, 0.29) is 5.91 Å². The van der Waals surface area contributed by atoms with Crippen LogP contribution in [0.25, 0.3) is 11.0 Å². The Labute approximate surface area is 161 Å². The molecule has 0 saturated heterocycles. The molecule has 0 atom stereocenters. The molecule has 3 nitrogen and oxygen atoms in total. The lowest BCUT2D eigenvalue weighted by Gasteiger charge is -2.10. The molecule has 0 bridgehead atoms. The van der Waals surface area contributed by atoms with Gasteiger partial charge in [0.25, 0.3) is 0 Å². The maximum atomic E-state index is 12.5. The Hall–Kier alpha value is -1.82.